The van der Waals surface area contributed by atoms with Crippen LogP contribution in [-0.4, -0.2) is 42.1 Å². The molecule has 0 fully saturated rings. The predicted molar refractivity (Wildman–Crippen MR) is 67.1 cm³/mol. The number of ether oxygens (including phenoxy) is 2. The van der Waals surface area contributed by atoms with Crippen molar-refractivity contribution in [3.05, 3.63) is 0 Å². The van der Waals surface area contributed by atoms with Gasteiger partial charge in [-0.05, 0) is 27.2 Å². The first-order valence-corrected chi connectivity index (χ1v) is 5.72. The summed E-state index contributed by atoms with van der Waals surface area (Å²) in [6, 6.07) is 0. The molecule has 19 heavy (non-hydrogen) atoms. The molecule has 0 saturated heterocycles. The summed E-state index contributed by atoms with van der Waals surface area (Å²) in [7, 11) is 1.18. The van der Waals surface area contributed by atoms with E-state index in [-0.39, 0.29) is 12.8 Å². The van der Waals surface area contributed by atoms with Crippen molar-refractivity contribution in [2.24, 2.45) is 10.9 Å². The Hall–Kier alpha value is -1.92. The van der Waals surface area contributed by atoms with Crippen LogP contribution in [-0.2, 0) is 19.1 Å². The summed E-state index contributed by atoms with van der Waals surface area (Å²) in [6.07, 6.45) is 0.00814. The number of aliphatic imine (C=N–C) groups is 1. The lowest BCUT2D eigenvalue weighted by atomic mass is 10.1. The standard InChI is InChI=1S/C12H19NO6/c1-12(2,3)19-11(17)13-7-8(10(16)18-4)5-6-9(14)15/h7-8H,5-6H2,1-4H3,(H,14,15)/b13-7+. The topological polar surface area (TPSA) is 102 Å². The normalized spacial score (nSPS) is 13.1. The van der Waals surface area contributed by atoms with Crippen LogP contribution in [0, 0.1) is 5.92 Å². The molecule has 0 aromatic heterocycles. The molecule has 0 saturated carbocycles. The Labute approximate surface area is 111 Å². The van der Waals surface area contributed by atoms with Crippen molar-refractivity contribution in [2.75, 3.05) is 7.11 Å². The van der Waals surface area contributed by atoms with Crippen LogP contribution in [0.4, 0.5) is 4.79 Å². The zero-order chi connectivity index (χ0) is 15.1. The van der Waals surface area contributed by atoms with Gasteiger partial charge in [-0.1, -0.05) is 0 Å². The molecule has 108 valence electrons. The first-order chi connectivity index (χ1) is 8.65. The third kappa shape index (κ3) is 8.76. The smallest absolute Gasteiger partial charge is 0.433 e. The first-order valence-electron chi connectivity index (χ1n) is 5.72. The Morgan fingerprint density at radius 3 is 2.32 bits per heavy atom. The quantitative estimate of drug-likeness (QED) is 0.603. The molecule has 0 rings (SSSR count). The van der Waals surface area contributed by atoms with Gasteiger partial charge in [0.25, 0.3) is 0 Å². The molecular formula is C12H19NO6. The number of hydrogen-bond acceptors (Lipinski definition) is 5. The van der Waals surface area contributed by atoms with Gasteiger partial charge in [-0.3, -0.25) is 9.59 Å². The van der Waals surface area contributed by atoms with Crippen molar-refractivity contribution in [1.82, 2.24) is 0 Å². The highest BCUT2D eigenvalue weighted by atomic mass is 16.6. The number of nitrogens with zero attached hydrogens (tertiary/aromatic N) is 1. The average Bonchev–Trinajstić information content (AvgIpc) is 2.25. The molecule has 7 nitrogen and oxygen atoms in total. The molecule has 7 heteroatoms. The van der Waals surface area contributed by atoms with Crippen LogP contribution in [0.3, 0.4) is 0 Å². The minimum Gasteiger partial charge on any atom is -0.481 e. The summed E-state index contributed by atoms with van der Waals surface area (Å²) in [4.78, 5) is 36.6. The van der Waals surface area contributed by atoms with Gasteiger partial charge in [-0.2, -0.15) is 4.99 Å². The summed E-state index contributed by atoms with van der Waals surface area (Å²) in [5.74, 6) is -2.57. The molecule has 1 amide bonds. The van der Waals surface area contributed by atoms with Gasteiger partial charge in [-0.25, -0.2) is 4.79 Å². The second-order valence-electron chi connectivity index (χ2n) is 4.82. The van der Waals surface area contributed by atoms with Crippen molar-refractivity contribution in [2.45, 2.75) is 39.2 Å². The monoisotopic (exact) mass is 273 g/mol. The lowest BCUT2D eigenvalue weighted by molar-refractivity contribution is -0.143. The summed E-state index contributed by atoms with van der Waals surface area (Å²) in [5.41, 5.74) is -0.684. The Morgan fingerprint density at radius 2 is 1.89 bits per heavy atom. The van der Waals surface area contributed by atoms with Crippen molar-refractivity contribution >= 4 is 24.2 Å². The van der Waals surface area contributed by atoms with Gasteiger partial charge < -0.3 is 14.6 Å². The zero-order valence-electron chi connectivity index (χ0n) is 11.5. The van der Waals surface area contributed by atoms with Gasteiger partial charge in [0.15, 0.2) is 0 Å². The van der Waals surface area contributed by atoms with E-state index in [1.165, 1.54) is 7.11 Å². The number of methoxy groups -OCH3 is 1. The van der Waals surface area contributed by atoms with Crippen molar-refractivity contribution in [1.29, 1.82) is 0 Å². The van der Waals surface area contributed by atoms with Crippen LogP contribution in [0.25, 0.3) is 0 Å². The van der Waals surface area contributed by atoms with Crippen LogP contribution < -0.4 is 0 Å². The maximum absolute atomic E-state index is 11.4. The maximum Gasteiger partial charge on any atom is 0.433 e. The molecule has 0 aliphatic heterocycles. The minimum absolute atomic E-state index is 0.00824. The van der Waals surface area contributed by atoms with Crippen LogP contribution >= 0.6 is 0 Å². The average molecular weight is 273 g/mol. The lowest BCUT2D eigenvalue weighted by Gasteiger charge is -2.17. The third-order valence-electron chi connectivity index (χ3n) is 1.93. The number of carbonyl (C=O) groups is 3. The van der Waals surface area contributed by atoms with Crippen LogP contribution in [0.15, 0.2) is 4.99 Å². The first kappa shape index (κ1) is 17.1. The van der Waals surface area contributed by atoms with Gasteiger partial charge >= 0.3 is 18.0 Å². The molecular weight excluding hydrogens is 254 g/mol. The van der Waals surface area contributed by atoms with E-state index in [0.717, 1.165) is 6.21 Å². The minimum atomic E-state index is -1.04. The van der Waals surface area contributed by atoms with Gasteiger partial charge in [0.2, 0.25) is 0 Å². The van der Waals surface area contributed by atoms with Gasteiger partial charge in [0.1, 0.15) is 5.60 Å². The largest absolute Gasteiger partial charge is 0.481 e. The highest BCUT2D eigenvalue weighted by molar-refractivity contribution is 5.94. The fraction of sp³-hybridized carbons (Fsp3) is 0.667. The molecule has 1 atom stereocenters. The number of rotatable bonds is 5. The van der Waals surface area contributed by atoms with Crippen LogP contribution in [0.2, 0.25) is 0 Å². The summed E-state index contributed by atoms with van der Waals surface area (Å²) < 4.78 is 9.42. The SMILES string of the molecule is COC(=O)C(/C=N/C(=O)OC(C)(C)C)CCC(=O)O. The zero-order valence-corrected chi connectivity index (χ0v) is 11.5. The summed E-state index contributed by atoms with van der Waals surface area (Å²) in [6.45, 7) is 5.05. The van der Waals surface area contributed by atoms with E-state index in [0.29, 0.717) is 0 Å². The van der Waals surface area contributed by atoms with E-state index < -0.39 is 29.6 Å². The number of carboxylic acids is 1. The molecule has 1 unspecified atom stereocenters. The number of carboxylic acid groups (broad SMARTS) is 1. The molecule has 0 heterocycles. The lowest BCUT2D eigenvalue weighted by Crippen LogP contribution is -2.23. The van der Waals surface area contributed by atoms with Crippen molar-refractivity contribution in [3.63, 3.8) is 0 Å². The van der Waals surface area contributed by atoms with Crippen molar-refractivity contribution in [3.8, 4) is 0 Å². The Bertz CT molecular complexity index is 369. The number of aliphatic carboxylic acids is 1. The number of amides is 1. The Morgan fingerprint density at radius 1 is 1.32 bits per heavy atom. The number of carbonyl (C=O) groups excluding carboxylic acids is 2. The molecule has 0 aliphatic rings. The Kier molecular flexibility index (Phi) is 6.74. The second kappa shape index (κ2) is 7.50. The summed E-state index contributed by atoms with van der Waals surface area (Å²) >= 11 is 0. The van der Waals surface area contributed by atoms with Gasteiger partial charge in [0, 0.05) is 12.6 Å². The fourth-order valence-corrected chi connectivity index (χ4v) is 1.12. The fourth-order valence-electron chi connectivity index (χ4n) is 1.12. The van der Waals surface area contributed by atoms with Crippen LogP contribution in [0.5, 0.6) is 0 Å². The number of hydrogen-bond donors (Lipinski definition) is 1. The Balaban J connectivity index is 4.58. The van der Waals surface area contributed by atoms with Crippen molar-refractivity contribution < 1.29 is 29.0 Å². The summed E-state index contributed by atoms with van der Waals surface area (Å²) in [5, 5.41) is 8.56. The maximum atomic E-state index is 11.4. The van der Waals surface area contributed by atoms with E-state index in [2.05, 4.69) is 9.73 Å². The van der Waals surface area contributed by atoms with Gasteiger partial charge in [0.05, 0.1) is 13.0 Å². The predicted octanol–water partition coefficient (Wildman–Crippen LogP) is 1.65. The van der Waals surface area contributed by atoms with E-state index in [9.17, 15) is 14.4 Å². The molecule has 0 aliphatic carbocycles. The van der Waals surface area contributed by atoms with Crippen LogP contribution in [0.1, 0.15) is 33.6 Å². The number of esters is 1. The highest BCUT2D eigenvalue weighted by Crippen LogP contribution is 2.10. The van der Waals surface area contributed by atoms with E-state index in [1.54, 1.807) is 20.8 Å². The van der Waals surface area contributed by atoms with E-state index in [1.807, 2.05) is 0 Å². The van der Waals surface area contributed by atoms with E-state index >= 15 is 0 Å². The highest BCUT2D eigenvalue weighted by Gasteiger charge is 2.20. The third-order valence-corrected chi connectivity index (χ3v) is 1.93. The molecule has 0 bridgehead atoms. The van der Waals surface area contributed by atoms with Gasteiger partial charge in [-0.15, -0.1) is 0 Å². The molecule has 0 aromatic rings. The second-order valence-corrected chi connectivity index (χ2v) is 4.82. The molecule has 0 spiro atoms. The molecule has 0 radical (unpaired) electrons. The van der Waals surface area contributed by atoms with E-state index in [4.69, 9.17) is 9.84 Å². The molecule has 1 N–H and O–H groups in total. The molecule has 0 aromatic carbocycles.